The zero-order valence-corrected chi connectivity index (χ0v) is 11.8. The van der Waals surface area contributed by atoms with Gasteiger partial charge in [0.05, 0.1) is 28.2 Å². The van der Waals surface area contributed by atoms with Gasteiger partial charge in [-0.1, -0.05) is 11.6 Å². The quantitative estimate of drug-likeness (QED) is 0.615. The number of nitriles is 1. The second kappa shape index (κ2) is 6.55. The van der Waals surface area contributed by atoms with Crippen molar-refractivity contribution >= 4 is 27.4 Å². The molecule has 0 fully saturated rings. The highest BCUT2D eigenvalue weighted by molar-refractivity contribution is 7.90. The first-order valence-electron chi connectivity index (χ1n) is 5.40. The smallest absolute Gasteiger partial charge is 0.339 e. The van der Waals surface area contributed by atoms with Crippen LogP contribution in [0.5, 0.6) is 0 Å². The molecule has 19 heavy (non-hydrogen) atoms. The molecule has 0 N–H and O–H groups in total. The molecule has 0 spiro atoms. The van der Waals surface area contributed by atoms with Gasteiger partial charge in [-0.3, -0.25) is 0 Å². The molecule has 0 amide bonds. The van der Waals surface area contributed by atoms with Crippen LogP contribution in [0.25, 0.3) is 0 Å². The fourth-order valence-corrected chi connectivity index (χ4v) is 2.13. The van der Waals surface area contributed by atoms with Crippen LogP contribution < -0.4 is 0 Å². The van der Waals surface area contributed by atoms with Crippen molar-refractivity contribution in [3.05, 3.63) is 28.8 Å². The Bertz CT molecular complexity index is 619. The average molecular weight is 302 g/mol. The molecular weight excluding hydrogens is 290 g/mol. The number of carbonyl (C=O) groups is 1. The largest absolute Gasteiger partial charge is 0.462 e. The molecule has 0 heterocycles. The van der Waals surface area contributed by atoms with Gasteiger partial charge in [0.2, 0.25) is 0 Å². The number of ether oxygens (including phenoxy) is 1. The van der Waals surface area contributed by atoms with Crippen LogP contribution in [0.2, 0.25) is 5.02 Å². The van der Waals surface area contributed by atoms with Gasteiger partial charge in [-0.25, -0.2) is 13.2 Å². The zero-order chi connectivity index (χ0) is 14.5. The van der Waals surface area contributed by atoms with Crippen LogP contribution >= 0.6 is 11.6 Å². The summed E-state index contributed by atoms with van der Waals surface area (Å²) in [5.74, 6) is -0.701. The number of halogens is 1. The number of nitrogens with zero attached hydrogens (tertiary/aromatic N) is 1. The molecule has 1 aromatic carbocycles. The maximum absolute atomic E-state index is 11.7. The molecule has 0 unspecified atom stereocenters. The number of carbonyl (C=O) groups excluding carboxylic acids is 1. The first kappa shape index (κ1) is 15.5. The molecule has 0 aliphatic carbocycles. The number of benzene rings is 1. The van der Waals surface area contributed by atoms with E-state index in [0.717, 1.165) is 6.26 Å². The molecule has 0 aliphatic heterocycles. The van der Waals surface area contributed by atoms with Crippen LogP contribution in [0.4, 0.5) is 0 Å². The Kier molecular flexibility index (Phi) is 5.33. The molecule has 5 nitrogen and oxygen atoms in total. The van der Waals surface area contributed by atoms with Crippen molar-refractivity contribution in [3.63, 3.8) is 0 Å². The molecule has 0 atom stereocenters. The predicted octanol–water partition coefficient (Wildman–Crippen LogP) is 2.20. The summed E-state index contributed by atoms with van der Waals surface area (Å²) in [5.41, 5.74) is 0.00143. The predicted molar refractivity (Wildman–Crippen MR) is 69.7 cm³/mol. The van der Waals surface area contributed by atoms with Gasteiger partial charge in [-0.15, -0.1) is 0 Å². The number of rotatable bonds is 5. The molecule has 0 saturated heterocycles. The lowest BCUT2D eigenvalue weighted by Gasteiger charge is -2.07. The SMILES string of the molecule is CS(=O)(=O)c1ccc(Cl)c(C(=O)OCCCC#N)c1. The van der Waals surface area contributed by atoms with Crippen molar-refractivity contribution < 1.29 is 17.9 Å². The summed E-state index contributed by atoms with van der Waals surface area (Å²) in [5, 5.41) is 8.46. The number of unbranched alkanes of at least 4 members (excludes halogenated alkanes) is 1. The van der Waals surface area contributed by atoms with Crippen LogP contribution in [0.15, 0.2) is 23.1 Å². The number of hydrogen-bond acceptors (Lipinski definition) is 5. The Hall–Kier alpha value is -1.58. The topological polar surface area (TPSA) is 84.2 Å². The normalized spacial score (nSPS) is 10.8. The Labute approximate surface area is 116 Å². The zero-order valence-electron chi connectivity index (χ0n) is 10.2. The highest BCUT2D eigenvalue weighted by atomic mass is 35.5. The minimum Gasteiger partial charge on any atom is -0.462 e. The van der Waals surface area contributed by atoms with Crippen molar-refractivity contribution in [2.75, 3.05) is 12.9 Å². The lowest BCUT2D eigenvalue weighted by molar-refractivity contribution is 0.0501. The first-order chi connectivity index (χ1) is 8.86. The van der Waals surface area contributed by atoms with E-state index in [-0.39, 0.29) is 28.5 Å². The first-order valence-corrected chi connectivity index (χ1v) is 7.67. The van der Waals surface area contributed by atoms with Gasteiger partial charge in [0.15, 0.2) is 9.84 Å². The van der Waals surface area contributed by atoms with Crippen molar-refractivity contribution in [2.45, 2.75) is 17.7 Å². The van der Waals surface area contributed by atoms with E-state index in [4.69, 9.17) is 21.6 Å². The maximum atomic E-state index is 11.7. The second-order valence-corrected chi connectivity index (χ2v) is 6.23. The molecule has 1 aromatic rings. The van der Waals surface area contributed by atoms with Crippen molar-refractivity contribution in [3.8, 4) is 6.07 Å². The van der Waals surface area contributed by atoms with Crippen LogP contribution in [0.1, 0.15) is 23.2 Å². The van der Waals surface area contributed by atoms with E-state index in [1.54, 1.807) is 0 Å². The van der Waals surface area contributed by atoms with Crippen LogP contribution in [-0.2, 0) is 14.6 Å². The molecule has 1 rings (SSSR count). The van der Waals surface area contributed by atoms with Gasteiger partial charge < -0.3 is 4.74 Å². The molecule has 0 aromatic heterocycles. The average Bonchev–Trinajstić information content (AvgIpc) is 2.33. The van der Waals surface area contributed by atoms with Crippen molar-refractivity contribution in [1.82, 2.24) is 0 Å². The van der Waals surface area contributed by atoms with E-state index >= 15 is 0 Å². The third-order valence-electron chi connectivity index (χ3n) is 2.25. The van der Waals surface area contributed by atoms with Gasteiger partial charge in [0, 0.05) is 12.7 Å². The minimum absolute atomic E-state index is 0.000810. The van der Waals surface area contributed by atoms with E-state index < -0.39 is 15.8 Å². The highest BCUT2D eigenvalue weighted by Gasteiger charge is 2.16. The Morgan fingerprint density at radius 1 is 1.47 bits per heavy atom. The molecule has 7 heteroatoms. The minimum atomic E-state index is -3.41. The monoisotopic (exact) mass is 301 g/mol. The number of hydrogen-bond donors (Lipinski definition) is 0. The molecule has 0 aliphatic rings. The van der Waals surface area contributed by atoms with Gasteiger partial charge in [-0.05, 0) is 24.6 Å². The summed E-state index contributed by atoms with van der Waals surface area (Å²) in [4.78, 5) is 11.7. The molecule has 102 valence electrons. The van der Waals surface area contributed by atoms with E-state index in [2.05, 4.69) is 0 Å². The fourth-order valence-electron chi connectivity index (χ4n) is 1.29. The lowest BCUT2D eigenvalue weighted by Crippen LogP contribution is -2.08. The fraction of sp³-hybridized carbons (Fsp3) is 0.333. The molecule has 0 radical (unpaired) electrons. The summed E-state index contributed by atoms with van der Waals surface area (Å²) in [6.07, 6.45) is 1.74. The third kappa shape index (κ3) is 4.54. The van der Waals surface area contributed by atoms with Gasteiger partial charge in [0.1, 0.15) is 0 Å². The number of sulfone groups is 1. The van der Waals surface area contributed by atoms with Gasteiger partial charge >= 0.3 is 5.97 Å². The molecular formula is C12H12ClNO4S. The van der Waals surface area contributed by atoms with E-state index in [0.29, 0.717) is 6.42 Å². The maximum Gasteiger partial charge on any atom is 0.339 e. The summed E-state index contributed by atoms with van der Waals surface area (Å²) >= 11 is 5.83. The Morgan fingerprint density at radius 2 is 2.16 bits per heavy atom. The van der Waals surface area contributed by atoms with Crippen LogP contribution in [0.3, 0.4) is 0 Å². The summed E-state index contributed by atoms with van der Waals surface area (Å²) < 4.78 is 27.7. The van der Waals surface area contributed by atoms with Crippen molar-refractivity contribution in [1.29, 1.82) is 5.26 Å². The molecule has 0 bridgehead atoms. The van der Waals surface area contributed by atoms with Gasteiger partial charge in [0.25, 0.3) is 0 Å². The molecule has 0 saturated carbocycles. The summed E-state index contributed by atoms with van der Waals surface area (Å²) in [6, 6.07) is 5.77. The van der Waals surface area contributed by atoms with E-state index in [9.17, 15) is 13.2 Å². The summed E-state index contributed by atoms with van der Waals surface area (Å²) in [6.45, 7) is 0.0891. The van der Waals surface area contributed by atoms with Gasteiger partial charge in [-0.2, -0.15) is 5.26 Å². The highest BCUT2D eigenvalue weighted by Crippen LogP contribution is 2.21. The lowest BCUT2D eigenvalue weighted by atomic mass is 10.2. The third-order valence-corrected chi connectivity index (χ3v) is 3.69. The number of esters is 1. The van der Waals surface area contributed by atoms with Crippen LogP contribution in [0, 0.1) is 11.3 Å². The Morgan fingerprint density at radius 3 is 2.74 bits per heavy atom. The standard InChI is InChI=1S/C12H12ClNO4S/c1-19(16,17)9-4-5-11(13)10(8-9)12(15)18-7-3-2-6-14/h4-5,8H,2-3,7H2,1H3. The van der Waals surface area contributed by atoms with E-state index in [1.807, 2.05) is 6.07 Å². The van der Waals surface area contributed by atoms with E-state index in [1.165, 1.54) is 18.2 Å². The second-order valence-electron chi connectivity index (χ2n) is 3.81. The van der Waals surface area contributed by atoms with Crippen molar-refractivity contribution in [2.24, 2.45) is 0 Å². The summed E-state index contributed by atoms with van der Waals surface area (Å²) in [7, 11) is -3.41. The van der Waals surface area contributed by atoms with Crippen LogP contribution in [-0.4, -0.2) is 27.2 Å². The Balaban J connectivity index is 2.88.